The van der Waals surface area contributed by atoms with Crippen LogP contribution in [0.15, 0.2) is 36.4 Å². The molecule has 1 amide bonds. The molecule has 0 atom stereocenters. The zero-order valence-electron chi connectivity index (χ0n) is 16.8. The molecular weight excluding hydrogens is 376 g/mol. The van der Waals surface area contributed by atoms with Crippen LogP contribution in [0.5, 0.6) is 17.2 Å². The smallest absolute Gasteiger partial charge is 0.340 e. The number of methoxy groups -OCH3 is 3. The van der Waals surface area contributed by atoms with Crippen LogP contribution in [-0.2, 0) is 16.0 Å². The number of nitrogens with two attached hydrogens (primary N) is 1. The number of anilines is 1. The van der Waals surface area contributed by atoms with Crippen LogP contribution in [0.3, 0.4) is 0 Å². The fourth-order valence-corrected chi connectivity index (χ4v) is 2.65. The third kappa shape index (κ3) is 6.31. The predicted octanol–water partition coefficient (Wildman–Crippen LogP) is 2.20. The molecule has 0 unspecified atom stereocenters. The van der Waals surface area contributed by atoms with Crippen LogP contribution >= 0.6 is 0 Å². The van der Waals surface area contributed by atoms with Gasteiger partial charge in [0.15, 0.2) is 11.5 Å². The number of esters is 1. The van der Waals surface area contributed by atoms with Gasteiger partial charge in [-0.05, 0) is 24.1 Å². The molecule has 0 heterocycles. The molecular formula is C21H26N2O6. The first-order valence-corrected chi connectivity index (χ1v) is 9.06. The molecule has 8 heteroatoms. The quantitative estimate of drug-likeness (QED) is 0.356. The third-order valence-corrected chi connectivity index (χ3v) is 4.14. The largest absolute Gasteiger partial charge is 0.497 e. The first-order valence-electron chi connectivity index (χ1n) is 9.06. The predicted molar refractivity (Wildman–Crippen MR) is 109 cm³/mol. The molecule has 0 aliphatic carbocycles. The Labute approximate surface area is 169 Å². The van der Waals surface area contributed by atoms with Gasteiger partial charge in [-0.1, -0.05) is 12.1 Å². The number of hydrogen-bond acceptors (Lipinski definition) is 7. The Bertz CT molecular complexity index is 853. The first kappa shape index (κ1) is 21.9. The highest BCUT2D eigenvalue weighted by Crippen LogP contribution is 2.32. The average molecular weight is 402 g/mol. The van der Waals surface area contributed by atoms with Crippen LogP contribution in [0, 0.1) is 0 Å². The van der Waals surface area contributed by atoms with Gasteiger partial charge in [0, 0.05) is 18.7 Å². The summed E-state index contributed by atoms with van der Waals surface area (Å²) in [6.07, 6.45) is 0.845. The van der Waals surface area contributed by atoms with Crippen LogP contribution in [0.25, 0.3) is 0 Å². The second-order valence-electron chi connectivity index (χ2n) is 6.16. The van der Waals surface area contributed by atoms with E-state index in [-0.39, 0.29) is 23.6 Å². The number of carbonyl (C=O) groups is 2. The fraction of sp³-hybridized carbons (Fsp3) is 0.333. The van der Waals surface area contributed by atoms with Gasteiger partial charge in [0.25, 0.3) is 0 Å². The van der Waals surface area contributed by atoms with Gasteiger partial charge in [-0.25, -0.2) is 4.79 Å². The van der Waals surface area contributed by atoms with E-state index in [2.05, 4.69) is 5.32 Å². The van der Waals surface area contributed by atoms with E-state index in [1.807, 2.05) is 24.3 Å². The minimum absolute atomic E-state index is 0.0868. The van der Waals surface area contributed by atoms with Crippen LogP contribution < -0.4 is 25.3 Å². The van der Waals surface area contributed by atoms with Gasteiger partial charge in [0.1, 0.15) is 5.75 Å². The number of ether oxygens (including phenoxy) is 4. The minimum atomic E-state index is -0.556. The highest BCUT2D eigenvalue weighted by molar-refractivity contribution is 5.96. The van der Waals surface area contributed by atoms with Crippen molar-refractivity contribution in [3.05, 3.63) is 47.5 Å². The molecule has 0 saturated heterocycles. The van der Waals surface area contributed by atoms with Crippen molar-refractivity contribution in [1.82, 2.24) is 5.32 Å². The summed E-state index contributed by atoms with van der Waals surface area (Å²) in [4.78, 5) is 23.8. The van der Waals surface area contributed by atoms with E-state index in [1.165, 1.54) is 26.4 Å². The summed E-state index contributed by atoms with van der Waals surface area (Å²) in [6, 6.07) is 10.4. The number of hydrogen-bond donors (Lipinski definition) is 2. The van der Waals surface area contributed by atoms with Crippen molar-refractivity contribution >= 4 is 17.6 Å². The van der Waals surface area contributed by atoms with E-state index in [0.29, 0.717) is 36.8 Å². The molecule has 2 aromatic rings. The molecule has 0 spiro atoms. The number of amides is 1. The SMILES string of the molecule is COC(=O)c1cc(OCCCNC(=O)Cc2cccc(OC)c2)c(OC)cc1N. The fourth-order valence-electron chi connectivity index (χ4n) is 2.65. The Balaban J connectivity index is 1.82. The number of carbonyl (C=O) groups excluding carboxylic acids is 2. The second kappa shape index (κ2) is 10.8. The summed E-state index contributed by atoms with van der Waals surface area (Å²) < 4.78 is 20.8. The van der Waals surface area contributed by atoms with Gasteiger partial charge in [0.2, 0.25) is 5.91 Å². The monoisotopic (exact) mass is 402 g/mol. The summed E-state index contributed by atoms with van der Waals surface area (Å²) in [6.45, 7) is 0.768. The third-order valence-electron chi connectivity index (χ3n) is 4.14. The van der Waals surface area contributed by atoms with E-state index < -0.39 is 5.97 Å². The molecule has 29 heavy (non-hydrogen) atoms. The van der Waals surface area contributed by atoms with Crippen LogP contribution in [0.4, 0.5) is 5.69 Å². The van der Waals surface area contributed by atoms with Crippen molar-refractivity contribution in [3.63, 3.8) is 0 Å². The van der Waals surface area contributed by atoms with Crippen molar-refractivity contribution in [1.29, 1.82) is 0 Å². The zero-order valence-corrected chi connectivity index (χ0v) is 16.8. The Morgan fingerprint density at radius 3 is 2.52 bits per heavy atom. The van der Waals surface area contributed by atoms with Crippen molar-refractivity contribution < 1.29 is 28.5 Å². The summed E-state index contributed by atoms with van der Waals surface area (Å²) in [5.74, 6) is 0.866. The van der Waals surface area contributed by atoms with Gasteiger partial charge >= 0.3 is 5.97 Å². The molecule has 2 aromatic carbocycles. The lowest BCUT2D eigenvalue weighted by molar-refractivity contribution is -0.120. The lowest BCUT2D eigenvalue weighted by atomic mass is 10.1. The first-order chi connectivity index (χ1) is 14.0. The van der Waals surface area contributed by atoms with Gasteiger partial charge < -0.3 is 30.0 Å². The van der Waals surface area contributed by atoms with Crippen molar-refractivity contribution in [2.75, 3.05) is 40.2 Å². The highest BCUT2D eigenvalue weighted by atomic mass is 16.5. The number of nitrogens with one attached hydrogen (secondary N) is 1. The summed E-state index contributed by atoms with van der Waals surface area (Å²) in [7, 11) is 4.35. The molecule has 156 valence electrons. The van der Waals surface area contributed by atoms with E-state index in [0.717, 1.165) is 5.56 Å². The van der Waals surface area contributed by atoms with Gasteiger partial charge in [-0.15, -0.1) is 0 Å². The lowest BCUT2D eigenvalue weighted by Gasteiger charge is -2.14. The molecule has 0 saturated carbocycles. The van der Waals surface area contributed by atoms with E-state index in [9.17, 15) is 9.59 Å². The molecule has 0 aliphatic rings. The second-order valence-corrected chi connectivity index (χ2v) is 6.16. The Hall–Kier alpha value is -3.42. The topological polar surface area (TPSA) is 109 Å². The van der Waals surface area contributed by atoms with Crippen LogP contribution in [-0.4, -0.2) is 46.4 Å². The Morgan fingerprint density at radius 2 is 1.83 bits per heavy atom. The Kier molecular flexibility index (Phi) is 8.14. The Morgan fingerprint density at radius 1 is 1.03 bits per heavy atom. The maximum absolute atomic E-state index is 12.1. The highest BCUT2D eigenvalue weighted by Gasteiger charge is 2.16. The van der Waals surface area contributed by atoms with E-state index >= 15 is 0 Å². The van der Waals surface area contributed by atoms with Crippen molar-refractivity contribution in [3.8, 4) is 17.2 Å². The average Bonchev–Trinajstić information content (AvgIpc) is 2.73. The molecule has 0 aliphatic heterocycles. The lowest BCUT2D eigenvalue weighted by Crippen LogP contribution is -2.27. The molecule has 0 fully saturated rings. The molecule has 3 N–H and O–H groups in total. The van der Waals surface area contributed by atoms with Crippen LogP contribution in [0.2, 0.25) is 0 Å². The molecule has 2 rings (SSSR count). The number of rotatable bonds is 10. The standard InChI is InChI=1S/C21H26N2O6/c1-26-15-7-4-6-14(10-15)11-20(24)23-8-5-9-29-19-12-16(21(25)28-3)17(22)13-18(19)27-2/h4,6-7,10,12-13H,5,8-9,11,22H2,1-3H3,(H,23,24). The molecule has 8 nitrogen and oxygen atoms in total. The normalized spacial score (nSPS) is 10.2. The van der Waals surface area contributed by atoms with Gasteiger partial charge in [0.05, 0.1) is 45.6 Å². The van der Waals surface area contributed by atoms with E-state index in [1.54, 1.807) is 7.11 Å². The van der Waals surface area contributed by atoms with Gasteiger partial charge in [-0.3, -0.25) is 4.79 Å². The molecule has 0 aromatic heterocycles. The minimum Gasteiger partial charge on any atom is -0.497 e. The summed E-state index contributed by atoms with van der Waals surface area (Å²) in [5.41, 5.74) is 7.16. The maximum atomic E-state index is 12.1. The van der Waals surface area contributed by atoms with Gasteiger partial charge in [-0.2, -0.15) is 0 Å². The number of nitrogen functional groups attached to an aromatic ring is 1. The summed E-state index contributed by atoms with van der Waals surface area (Å²) in [5, 5.41) is 2.85. The molecule has 0 bridgehead atoms. The summed E-state index contributed by atoms with van der Waals surface area (Å²) >= 11 is 0. The zero-order chi connectivity index (χ0) is 21.2. The van der Waals surface area contributed by atoms with E-state index in [4.69, 9.17) is 24.7 Å². The van der Waals surface area contributed by atoms with Crippen molar-refractivity contribution in [2.24, 2.45) is 0 Å². The molecule has 0 radical (unpaired) electrons. The van der Waals surface area contributed by atoms with Crippen molar-refractivity contribution in [2.45, 2.75) is 12.8 Å². The number of benzene rings is 2. The maximum Gasteiger partial charge on any atom is 0.340 e. The van der Waals surface area contributed by atoms with Crippen LogP contribution in [0.1, 0.15) is 22.3 Å².